The maximum Gasteiger partial charge on any atom is 0.307 e. The third-order valence-corrected chi connectivity index (χ3v) is 3.59. The van der Waals surface area contributed by atoms with Gasteiger partial charge in [-0.3, -0.25) is 14.5 Å². The number of ether oxygens (including phenoxy) is 1. The van der Waals surface area contributed by atoms with Crippen molar-refractivity contribution < 1.29 is 18.7 Å². The number of hydrogen-bond donors (Lipinski definition) is 0. The van der Waals surface area contributed by atoms with Gasteiger partial charge in [-0.05, 0) is 13.0 Å². The Morgan fingerprint density at radius 3 is 2.73 bits per heavy atom. The minimum absolute atomic E-state index is 0.193. The number of carbonyl (C=O) groups excluding carboxylic acids is 2. The summed E-state index contributed by atoms with van der Waals surface area (Å²) in [7, 11) is 0. The monoisotopic (exact) mass is 309 g/mol. The highest BCUT2D eigenvalue weighted by atomic mass is 19.1. The first-order valence-corrected chi connectivity index (χ1v) is 7.37. The molecule has 0 saturated carbocycles. The summed E-state index contributed by atoms with van der Waals surface area (Å²) >= 11 is 0. The molecule has 0 bridgehead atoms. The number of carbonyl (C=O) groups is 2. The van der Waals surface area contributed by atoms with Crippen LogP contribution in [0.5, 0.6) is 0 Å². The first-order chi connectivity index (χ1) is 10.6. The molecular formula is C15H20FN3O3. The van der Waals surface area contributed by atoms with Crippen molar-refractivity contribution in [3.05, 3.63) is 23.6 Å². The number of piperazine rings is 1. The first kappa shape index (κ1) is 16.4. The van der Waals surface area contributed by atoms with Crippen molar-refractivity contribution in [1.82, 2.24) is 9.88 Å². The van der Waals surface area contributed by atoms with Gasteiger partial charge in [0.15, 0.2) is 17.9 Å². The Morgan fingerprint density at radius 1 is 1.41 bits per heavy atom. The second kappa shape index (κ2) is 7.84. The maximum absolute atomic E-state index is 13.9. The predicted molar refractivity (Wildman–Crippen MR) is 79.5 cm³/mol. The lowest BCUT2D eigenvalue weighted by Crippen LogP contribution is -2.47. The average Bonchev–Trinajstić information content (AvgIpc) is 2.54. The van der Waals surface area contributed by atoms with Crippen LogP contribution in [-0.4, -0.2) is 61.5 Å². The quantitative estimate of drug-likeness (QED) is 0.579. The SMILES string of the molecule is CCOC(=O)CCN1CCN(c2ncc(C=O)cc2F)CC1. The van der Waals surface area contributed by atoms with Crippen molar-refractivity contribution in [1.29, 1.82) is 0 Å². The van der Waals surface area contributed by atoms with E-state index in [1.165, 1.54) is 12.3 Å². The predicted octanol–water partition coefficient (Wildman–Crippen LogP) is 1.11. The molecule has 2 rings (SSSR count). The number of hydrogen-bond acceptors (Lipinski definition) is 6. The van der Waals surface area contributed by atoms with Crippen molar-refractivity contribution >= 4 is 18.1 Å². The van der Waals surface area contributed by atoms with Gasteiger partial charge in [0, 0.05) is 44.5 Å². The molecule has 2 heterocycles. The molecule has 120 valence electrons. The van der Waals surface area contributed by atoms with Crippen molar-refractivity contribution in [2.45, 2.75) is 13.3 Å². The number of pyridine rings is 1. The molecule has 1 aromatic rings. The van der Waals surface area contributed by atoms with Crippen molar-refractivity contribution in [3.8, 4) is 0 Å². The molecule has 0 radical (unpaired) electrons. The zero-order chi connectivity index (χ0) is 15.9. The third kappa shape index (κ3) is 4.24. The molecule has 1 fully saturated rings. The van der Waals surface area contributed by atoms with Gasteiger partial charge in [-0.25, -0.2) is 9.37 Å². The number of rotatable bonds is 6. The lowest BCUT2D eigenvalue weighted by atomic mass is 10.2. The van der Waals surface area contributed by atoms with E-state index in [9.17, 15) is 14.0 Å². The Kier molecular flexibility index (Phi) is 5.83. The largest absolute Gasteiger partial charge is 0.466 e. The fourth-order valence-electron chi connectivity index (χ4n) is 2.41. The van der Waals surface area contributed by atoms with E-state index in [2.05, 4.69) is 9.88 Å². The molecule has 1 aliphatic rings. The first-order valence-electron chi connectivity index (χ1n) is 7.37. The third-order valence-electron chi connectivity index (χ3n) is 3.59. The van der Waals surface area contributed by atoms with Crippen LogP contribution in [0.3, 0.4) is 0 Å². The van der Waals surface area contributed by atoms with Crippen molar-refractivity contribution in [2.24, 2.45) is 0 Å². The summed E-state index contributed by atoms with van der Waals surface area (Å²) in [4.78, 5) is 29.9. The highest BCUT2D eigenvalue weighted by molar-refractivity contribution is 5.74. The number of esters is 1. The molecule has 1 aliphatic heterocycles. The summed E-state index contributed by atoms with van der Waals surface area (Å²) in [5, 5.41) is 0. The van der Waals surface area contributed by atoms with Crippen LogP contribution >= 0.6 is 0 Å². The molecule has 22 heavy (non-hydrogen) atoms. The van der Waals surface area contributed by atoms with Crippen molar-refractivity contribution in [2.75, 3.05) is 44.2 Å². The molecular weight excluding hydrogens is 289 g/mol. The smallest absolute Gasteiger partial charge is 0.307 e. The summed E-state index contributed by atoms with van der Waals surface area (Å²) < 4.78 is 18.8. The van der Waals surface area contributed by atoms with Gasteiger partial charge in [-0.2, -0.15) is 0 Å². The van der Waals surface area contributed by atoms with E-state index >= 15 is 0 Å². The Labute approximate surface area is 128 Å². The second-order valence-corrected chi connectivity index (χ2v) is 5.08. The fraction of sp³-hybridized carbons (Fsp3) is 0.533. The van der Waals surface area contributed by atoms with Crippen LogP contribution < -0.4 is 4.90 Å². The van der Waals surface area contributed by atoms with Gasteiger partial charge in [0.1, 0.15) is 0 Å². The molecule has 0 atom stereocenters. The normalized spacial score (nSPS) is 15.6. The number of aldehydes is 1. The van der Waals surface area contributed by atoms with Crippen LogP contribution in [0.2, 0.25) is 0 Å². The van der Waals surface area contributed by atoms with Gasteiger partial charge in [-0.1, -0.05) is 0 Å². The number of aromatic nitrogens is 1. The number of halogens is 1. The zero-order valence-corrected chi connectivity index (χ0v) is 12.6. The van der Waals surface area contributed by atoms with Crippen LogP contribution in [0.25, 0.3) is 0 Å². The Hall–Kier alpha value is -2.02. The van der Waals surface area contributed by atoms with E-state index in [1.807, 2.05) is 4.90 Å². The highest BCUT2D eigenvalue weighted by Gasteiger charge is 2.21. The molecule has 0 aliphatic carbocycles. The molecule has 6 nitrogen and oxygen atoms in total. The van der Waals surface area contributed by atoms with Crippen molar-refractivity contribution in [3.63, 3.8) is 0 Å². The summed E-state index contributed by atoms with van der Waals surface area (Å²) in [5.41, 5.74) is 0.231. The van der Waals surface area contributed by atoms with Gasteiger partial charge < -0.3 is 9.64 Å². The van der Waals surface area contributed by atoms with Gasteiger partial charge in [-0.15, -0.1) is 0 Å². The van der Waals surface area contributed by atoms with E-state index in [4.69, 9.17) is 4.74 Å². The van der Waals surface area contributed by atoms with Crippen LogP contribution in [-0.2, 0) is 9.53 Å². The minimum atomic E-state index is -0.482. The van der Waals surface area contributed by atoms with E-state index in [0.717, 1.165) is 13.1 Å². The molecule has 0 aromatic carbocycles. The summed E-state index contributed by atoms with van der Waals surface area (Å²) in [6, 6.07) is 1.20. The average molecular weight is 309 g/mol. The molecule has 7 heteroatoms. The molecule has 0 spiro atoms. The Balaban J connectivity index is 1.84. The number of nitrogens with zero attached hydrogens (tertiary/aromatic N) is 3. The fourth-order valence-corrected chi connectivity index (χ4v) is 2.41. The highest BCUT2D eigenvalue weighted by Crippen LogP contribution is 2.18. The van der Waals surface area contributed by atoms with E-state index in [0.29, 0.717) is 38.9 Å². The molecule has 0 unspecified atom stereocenters. The minimum Gasteiger partial charge on any atom is -0.466 e. The zero-order valence-electron chi connectivity index (χ0n) is 12.6. The molecule has 0 amide bonds. The molecule has 0 N–H and O–H groups in total. The second-order valence-electron chi connectivity index (χ2n) is 5.08. The lowest BCUT2D eigenvalue weighted by Gasteiger charge is -2.35. The van der Waals surface area contributed by atoms with Crippen LogP contribution in [0.1, 0.15) is 23.7 Å². The van der Waals surface area contributed by atoms with Gasteiger partial charge in [0.2, 0.25) is 0 Å². The summed E-state index contributed by atoms with van der Waals surface area (Å²) in [6.45, 7) is 5.56. The van der Waals surface area contributed by atoms with Gasteiger partial charge in [0.05, 0.1) is 13.0 Å². The molecule has 1 saturated heterocycles. The maximum atomic E-state index is 13.9. The Morgan fingerprint density at radius 2 is 2.14 bits per heavy atom. The standard InChI is InChI=1S/C15H20FN3O3/c1-2-22-14(21)3-4-18-5-7-19(8-6-18)15-13(16)9-12(11-20)10-17-15/h9-11H,2-8H2,1H3. The topological polar surface area (TPSA) is 62.7 Å². The Bertz CT molecular complexity index is 531. The van der Waals surface area contributed by atoms with Crippen LogP contribution in [0.4, 0.5) is 10.2 Å². The molecule has 1 aromatic heterocycles. The van der Waals surface area contributed by atoms with Crippen LogP contribution in [0, 0.1) is 5.82 Å². The van der Waals surface area contributed by atoms with Crippen LogP contribution in [0.15, 0.2) is 12.3 Å². The van der Waals surface area contributed by atoms with E-state index < -0.39 is 5.82 Å². The van der Waals surface area contributed by atoms with E-state index in [-0.39, 0.29) is 17.4 Å². The number of anilines is 1. The summed E-state index contributed by atoms with van der Waals surface area (Å²) in [6.07, 6.45) is 2.32. The lowest BCUT2D eigenvalue weighted by molar-refractivity contribution is -0.143. The van der Waals surface area contributed by atoms with E-state index in [1.54, 1.807) is 6.92 Å². The van der Waals surface area contributed by atoms with Gasteiger partial charge in [0.25, 0.3) is 0 Å². The van der Waals surface area contributed by atoms with Gasteiger partial charge >= 0.3 is 5.97 Å². The summed E-state index contributed by atoms with van der Waals surface area (Å²) in [5.74, 6) is -0.401.